The monoisotopic (exact) mass is 397 g/mol. The van der Waals surface area contributed by atoms with Gasteiger partial charge in [0.1, 0.15) is 0 Å². The summed E-state index contributed by atoms with van der Waals surface area (Å²) >= 11 is 1.27. The molecule has 3 aromatic rings. The SMILES string of the molecule is O=C(NO)c1ccc(-c2ccc(CN(CCO)CCc3ccccc3)cn2)s1. The third-order valence-electron chi connectivity index (χ3n) is 4.39. The summed E-state index contributed by atoms with van der Waals surface area (Å²) in [6.07, 6.45) is 2.75. The van der Waals surface area contributed by atoms with E-state index < -0.39 is 5.91 Å². The van der Waals surface area contributed by atoms with Crippen LogP contribution in [0.2, 0.25) is 0 Å². The zero-order valence-corrected chi connectivity index (χ0v) is 16.2. The normalized spacial score (nSPS) is 11.0. The first kappa shape index (κ1) is 20.2. The highest BCUT2D eigenvalue weighted by Gasteiger charge is 2.11. The fraction of sp³-hybridized carbons (Fsp3) is 0.238. The molecule has 2 aromatic heterocycles. The first-order chi connectivity index (χ1) is 13.7. The highest BCUT2D eigenvalue weighted by atomic mass is 32.1. The van der Waals surface area contributed by atoms with E-state index in [1.54, 1.807) is 11.5 Å². The number of nitrogens with one attached hydrogen (secondary N) is 1. The number of hydrogen-bond acceptors (Lipinski definition) is 6. The molecule has 0 unspecified atom stereocenters. The van der Waals surface area contributed by atoms with Crippen LogP contribution in [0.4, 0.5) is 0 Å². The van der Waals surface area contributed by atoms with E-state index in [1.807, 2.05) is 42.6 Å². The van der Waals surface area contributed by atoms with Crippen LogP contribution in [0, 0.1) is 0 Å². The van der Waals surface area contributed by atoms with E-state index in [2.05, 4.69) is 22.0 Å². The van der Waals surface area contributed by atoms with E-state index in [-0.39, 0.29) is 6.61 Å². The molecule has 3 N–H and O–H groups in total. The molecule has 7 heteroatoms. The standard InChI is InChI=1S/C21H23N3O3S/c25-13-12-24(11-10-16-4-2-1-3-5-16)15-17-6-7-18(22-14-17)19-8-9-20(28-19)21(26)23-27/h1-9,14,25,27H,10-13,15H2,(H,23,26). The minimum absolute atomic E-state index is 0.116. The third kappa shape index (κ3) is 5.46. The van der Waals surface area contributed by atoms with Crippen molar-refractivity contribution in [3.63, 3.8) is 0 Å². The Hall–Kier alpha value is -2.58. The molecule has 0 bridgehead atoms. The number of amides is 1. The van der Waals surface area contributed by atoms with Crippen LogP contribution in [0.25, 0.3) is 10.6 Å². The number of nitrogens with zero attached hydrogens (tertiary/aromatic N) is 2. The molecule has 1 amide bonds. The largest absolute Gasteiger partial charge is 0.395 e. The van der Waals surface area contributed by atoms with E-state index in [1.165, 1.54) is 16.9 Å². The molecular formula is C21H23N3O3S. The van der Waals surface area contributed by atoms with Gasteiger partial charge in [0.25, 0.3) is 5.91 Å². The predicted octanol–water partition coefficient (Wildman–Crippen LogP) is 2.97. The Balaban J connectivity index is 1.62. The lowest BCUT2D eigenvalue weighted by Gasteiger charge is -2.21. The molecule has 0 saturated heterocycles. The third-order valence-corrected chi connectivity index (χ3v) is 5.50. The van der Waals surface area contributed by atoms with Crippen molar-refractivity contribution >= 4 is 17.2 Å². The van der Waals surface area contributed by atoms with Crippen LogP contribution in [0.15, 0.2) is 60.8 Å². The molecule has 0 radical (unpaired) electrons. The van der Waals surface area contributed by atoms with E-state index in [4.69, 9.17) is 5.21 Å². The average Bonchev–Trinajstić information content (AvgIpc) is 3.23. The number of aromatic nitrogens is 1. The first-order valence-electron chi connectivity index (χ1n) is 9.06. The van der Waals surface area contributed by atoms with Crippen LogP contribution < -0.4 is 5.48 Å². The summed E-state index contributed by atoms with van der Waals surface area (Å²) < 4.78 is 0. The predicted molar refractivity (Wildman–Crippen MR) is 109 cm³/mol. The Morgan fingerprint density at radius 2 is 1.86 bits per heavy atom. The Morgan fingerprint density at radius 1 is 1.04 bits per heavy atom. The number of carbonyl (C=O) groups is 1. The van der Waals surface area contributed by atoms with E-state index in [0.717, 1.165) is 29.1 Å². The maximum atomic E-state index is 11.5. The minimum Gasteiger partial charge on any atom is -0.395 e. The number of pyridine rings is 1. The summed E-state index contributed by atoms with van der Waals surface area (Å²) in [4.78, 5) is 19.5. The molecule has 3 rings (SSSR count). The fourth-order valence-electron chi connectivity index (χ4n) is 2.92. The summed E-state index contributed by atoms with van der Waals surface area (Å²) in [5.74, 6) is -0.522. The van der Waals surface area contributed by atoms with Crippen molar-refractivity contribution in [2.45, 2.75) is 13.0 Å². The second-order valence-electron chi connectivity index (χ2n) is 6.39. The summed E-state index contributed by atoms with van der Waals surface area (Å²) in [6, 6.07) is 17.7. The summed E-state index contributed by atoms with van der Waals surface area (Å²) in [7, 11) is 0. The average molecular weight is 398 g/mol. The molecule has 0 spiro atoms. The maximum absolute atomic E-state index is 11.5. The van der Waals surface area contributed by atoms with Gasteiger partial charge in [0, 0.05) is 25.8 Å². The molecule has 0 fully saturated rings. The lowest BCUT2D eigenvalue weighted by molar-refractivity contribution is 0.0711. The lowest BCUT2D eigenvalue weighted by Crippen LogP contribution is -2.28. The summed E-state index contributed by atoms with van der Waals surface area (Å²) in [6.45, 7) is 2.30. The van der Waals surface area contributed by atoms with Crippen molar-refractivity contribution in [3.05, 3.63) is 76.8 Å². The number of thiophene rings is 1. The molecule has 2 heterocycles. The van der Waals surface area contributed by atoms with E-state index in [0.29, 0.717) is 18.0 Å². The van der Waals surface area contributed by atoms with Crippen LogP contribution in [-0.4, -0.2) is 45.8 Å². The van der Waals surface area contributed by atoms with Gasteiger partial charge in [0.15, 0.2) is 0 Å². The van der Waals surface area contributed by atoms with E-state index in [9.17, 15) is 9.90 Å². The van der Waals surface area contributed by atoms with Crippen molar-refractivity contribution in [3.8, 4) is 10.6 Å². The van der Waals surface area contributed by atoms with Crippen molar-refractivity contribution in [1.82, 2.24) is 15.4 Å². The Kier molecular flexibility index (Phi) is 7.27. The van der Waals surface area contributed by atoms with Crippen molar-refractivity contribution in [1.29, 1.82) is 0 Å². The smallest absolute Gasteiger partial charge is 0.284 e. The number of hydrogen-bond donors (Lipinski definition) is 3. The second kappa shape index (κ2) is 10.1. The highest BCUT2D eigenvalue weighted by Crippen LogP contribution is 2.26. The van der Waals surface area contributed by atoms with Crippen molar-refractivity contribution in [2.24, 2.45) is 0 Å². The number of carbonyl (C=O) groups excluding carboxylic acids is 1. The Morgan fingerprint density at radius 3 is 2.54 bits per heavy atom. The van der Waals surface area contributed by atoms with Crippen LogP contribution in [0.1, 0.15) is 20.8 Å². The van der Waals surface area contributed by atoms with Gasteiger partial charge in [-0.2, -0.15) is 0 Å². The van der Waals surface area contributed by atoms with Crippen LogP contribution >= 0.6 is 11.3 Å². The minimum atomic E-state index is -0.522. The van der Waals surface area contributed by atoms with E-state index >= 15 is 0 Å². The Labute approximate surface area is 168 Å². The molecule has 0 saturated carbocycles. The summed E-state index contributed by atoms with van der Waals surface area (Å²) in [5, 5.41) is 18.1. The van der Waals surface area contributed by atoms with Gasteiger partial charge in [-0.3, -0.25) is 19.9 Å². The zero-order valence-electron chi connectivity index (χ0n) is 15.4. The second-order valence-corrected chi connectivity index (χ2v) is 7.48. The lowest BCUT2D eigenvalue weighted by atomic mass is 10.1. The fourth-order valence-corrected chi connectivity index (χ4v) is 3.79. The molecule has 6 nitrogen and oxygen atoms in total. The number of aliphatic hydroxyl groups is 1. The zero-order chi connectivity index (χ0) is 19.8. The van der Waals surface area contributed by atoms with Crippen molar-refractivity contribution < 1.29 is 15.1 Å². The van der Waals surface area contributed by atoms with Gasteiger partial charge in [-0.15, -0.1) is 11.3 Å². The number of rotatable bonds is 9. The molecule has 28 heavy (non-hydrogen) atoms. The maximum Gasteiger partial charge on any atom is 0.284 e. The number of benzene rings is 1. The molecule has 0 atom stereocenters. The topological polar surface area (TPSA) is 85.7 Å². The molecule has 0 aliphatic rings. The van der Waals surface area contributed by atoms with Gasteiger partial charge >= 0.3 is 0 Å². The molecular weight excluding hydrogens is 374 g/mol. The molecule has 1 aromatic carbocycles. The van der Waals surface area contributed by atoms with Crippen LogP contribution in [0.5, 0.6) is 0 Å². The van der Waals surface area contributed by atoms with Gasteiger partial charge in [-0.05, 0) is 35.7 Å². The van der Waals surface area contributed by atoms with Crippen LogP contribution in [0.3, 0.4) is 0 Å². The highest BCUT2D eigenvalue weighted by molar-refractivity contribution is 7.17. The van der Waals surface area contributed by atoms with Gasteiger partial charge in [-0.1, -0.05) is 36.4 Å². The molecule has 0 aliphatic heterocycles. The number of hydroxylamine groups is 1. The van der Waals surface area contributed by atoms with Crippen LogP contribution in [-0.2, 0) is 13.0 Å². The first-order valence-corrected chi connectivity index (χ1v) is 9.88. The van der Waals surface area contributed by atoms with Gasteiger partial charge in [0.05, 0.1) is 22.1 Å². The van der Waals surface area contributed by atoms with Gasteiger partial charge < -0.3 is 5.11 Å². The van der Waals surface area contributed by atoms with Gasteiger partial charge in [-0.25, -0.2) is 5.48 Å². The number of aliphatic hydroxyl groups excluding tert-OH is 1. The quantitative estimate of drug-likeness (QED) is 0.382. The summed E-state index contributed by atoms with van der Waals surface area (Å²) in [5.41, 5.74) is 4.76. The van der Waals surface area contributed by atoms with Crippen molar-refractivity contribution in [2.75, 3.05) is 19.7 Å². The Bertz CT molecular complexity index is 881. The molecule has 0 aliphatic carbocycles. The molecule has 146 valence electrons. The van der Waals surface area contributed by atoms with Gasteiger partial charge in [0.2, 0.25) is 0 Å².